The van der Waals surface area contributed by atoms with Crippen LogP contribution in [0.2, 0.25) is 0 Å². The van der Waals surface area contributed by atoms with Gasteiger partial charge in [-0.2, -0.15) is 0 Å². The summed E-state index contributed by atoms with van der Waals surface area (Å²) in [6.07, 6.45) is 8.86. The number of amides is 1. The molecule has 0 fully saturated rings. The molecule has 0 aromatic carbocycles. The van der Waals surface area contributed by atoms with Crippen LogP contribution < -0.4 is 5.32 Å². The molecule has 0 aromatic heterocycles. The highest BCUT2D eigenvalue weighted by Gasteiger charge is 2.18. The first kappa shape index (κ1) is 20.4. The maximum absolute atomic E-state index is 11.8. The average Bonchev–Trinajstić information content (AvgIpc) is 2.48. The predicted octanol–water partition coefficient (Wildman–Crippen LogP) is 3.77. The Kier molecular flexibility index (Phi) is 12.2. The average molecular weight is 309 g/mol. The van der Waals surface area contributed by atoms with Gasteiger partial charge >= 0.3 is 5.97 Å². The van der Waals surface area contributed by atoms with Crippen molar-refractivity contribution in [1.29, 1.82) is 0 Å². The number of nitrogens with one attached hydrogen (secondary N) is 1. The first-order chi connectivity index (χ1) is 10.5. The molecule has 0 aliphatic rings. The van der Waals surface area contributed by atoms with Crippen molar-refractivity contribution in [3.8, 4) is 0 Å². The van der Waals surface area contributed by atoms with Gasteiger partial charge in [0.25, 0.3) is 0 Å². The molecule has 1 atom stereocenters. The zero-order valence-electron chi connectivity index (χ0n) is 14.1. The summed E-state index contributed by atoms with van der Waals surface area (Å²) in [6.45, 7) is 11.5. The molecule has 1 unspecified atom stereocenters. The van der Waals surface area contributed by atoms with Gasteiger partial charge < -0.3 is 10.1 Å². The van der Waals surface area contributed by atoms with Crippen LogP contribution in [-0.2, 0) is 14.3 Å². The Balaban J connectivity index is 4.02. The van der Waals surface area contributed by atoms with Crippen LogP contribution in [-0.4, -0.2) is 24.5 Å². The van der Waals surface area contributed by atoms with E-state index < -0.39 is 0 Å². The van der Waals surface area contributed by atoms with E-state index in [2.05, 4.69) is 18.5 Å². The van der Waals surface area contributed by atoms with Crippen molar-refractivity contribution in [3.63, 3.8) is 0 Å². The molecule has 1 amide bonds. The second-order valence-electron chi connectivity index (χ2n) is 5.82. The molecule has 0 heterocycles. The first-order valence-corrected chi connectivity index (χ1v) is 8.18. The molecular formula is C18H31NO3. The Hall–Kier alpha value is -1.58. The van der Waals surface area contributed by atoms with Crippen LogP contribution in [0.25, 0.3) is 0 Å². The van der Waals surface area contributed by atoms with Crippen molar-refractivity contribution < 1.29 is 14.3 Å². The second kappa shape index (κ2) is 13.1. The van der Waals surface area contributed by atoms with E-state index in [4.69, 9.17) is 4.74 Å². The van der Waals surface area contributed by atoms with Gasteiger partial charge in [-0.05, 0) is 38.0 Å². The van der Waals surface area contributed by atoms with Crippen LogP contribution in [0.4, 0.5) is 0 Å². The number of allylic oxidation sites excluding steroid dienone is 2. The van der Waals surface area contributed by atoms with Gasteiger partial charge in [0.1, 0.15) is 6.61 Å². The van der Waals surface area contributed by atoms with Crippen LogP contribution >= 0.6 is 0 Å². The molecule has 126 valence electrons. The van der Waals surface area contributed by atoms with E-state index in [1.54, 1.807) is 6.08 Å². The van der Waals surface area contributed by atoms with Gasteiger partial charge in [0.15, 0.2) is 0 Å². The van der Waals surface area contributed by atoms with Crippen LogP contribution in [0.1, 0.15) is 58.8 Å². The molecule has 4 nitrogen and oxygen atoms in total. The number of carbonyl (C=O) groups is 2. The molecule has 1 N–H and O–H groups in total. The summed E-state index contributed by atoms with van der Waals surface area (Å²) < 4.78 is 5.28. The molecule has 4 heteroatoms. The molecule has 0 radical (unpaired) electrons. The minimum atomic E-state index is -0.199. The lowest BCUT2D eigenvalue weighted by molar-refractivity contribution is -0.145. The summed E-state index contributed by atoms with van der Waals surface area (Å²) >= 11 is 0. The number of ether oxygens (including phenoxy) is 1. The van der Waals surface area contributed by atoms with Crippen molar-refractivity contribution in [3.05, 3.63) is 25.3 Å². The Morgan fingerprint density at radius 3 is 2.27 bits per heavy atom. The van der Waals surface area contributed by atoms with Gasteiger partial charge in [0, 0.05) is 12.8 Å². The third-order valence-electron chi connectivity index (χ3n) is 3.43. The van der Waals surface area contributed by atoms with E-state index in [9.17, 15) is 9.59 Å². The van der Waals surface area contributed by atoms with Crippen LogP contribution in [0, 0.1) is 5.92 Å². The van der Waals surface area contributed by atoms with Crippen molar-refractivity contribution in [2.24, 2.45) is 5.92 Å². The summed E-state index contributed by atoms with van der Waals surface area (Å²) in [5, 5.41) is 2.94. The lowest BCUT2D eigenvalue weighted by Crippen LogP contribution is -2.42. The highest BCUT2D eigenvalue weighted by Crippen LogP contribution is 2.07. The third-order valence-corrected chi connectivity index (χ3v) is 3.43. The Morgan fingerprint density at radius 2 is 1.68 bits per heavy atom. The van der Waals surface area contributed by atoms with Crippen molar-refractivity contribution in [2.45, 2.75) is 64.8 Å². The highest BCUT2D eigenvalue weighted by molar-refractivity contribution is 5.76. The summed E-state index contributed by atoms with van der Waals surface area (Å²) in [4.78, 5) is 23.5. The molecule has 0 aliphatic carbocycles. The fourth-order valence-electron chi connectivity index (χ4n) is 1.90. The number of carbonyl (C=O) groups excluding carboxylic acids is 2. The lowest BCUT2D eigenvalue weighted by atomic mass is 10.0. The molecule has 0 spiro atoms. The standard InChI is InChI=1S/C18H31NO3/c1-5-7-9-11-13-18(21)22-14-16(15(3)4)19-17(20)12-10-8-6-2/h5-6,15-16H,1-2,7-14H2,3-4H3,(H,19,20). The minimum Gasteiger partial charge on any atom is -0.463 e. The first-order valence-electron chi connectivity index (χ1n) is 8.18. The maximum atomic E-state index is 11.8. The summed E-state index contributed by atoms with van der Waals surface area (Å²) in [5.74, 6) is 0.0233. The van der Waals surface area contributed by atoms with Crippen LogP contribution in [0.5, 0.6) is 0 Å². The quantitative estimate of drug-likeness (QED) is 0.320. The fourth-order valence-corrected chi connectivity index (χ4v) is 1.90. The molecule has 0 aromatic rings. The Bertz CT molecular complexity index is 350. The zero-order chi connectivity index (χ0) is 16.8. The highest BCUT2D eigenvalue weighted by atomic mass is 16.5. The molecule has 22 heavy (non-hydrogen) atoms. The summed E-state index contributed by atoms with van der Waals surface area (Å²) in [6, 6.07) is -0.131. The van der Waals surface area contributed by atoms with Crippen molar-refractivity contribution >= 4 is 11.9 Å². The SMILES string of the molecule is C=CCCCCC(=O)OCC(NC(=O)CCCC=C)C(C)C. The second-order valence-corrected chi connectivity index (χ2v) is 5.82. The summed E-state index contributed by atoms with van der Waals surface area (Å²) in [5.41, 5.74) is 0. The number of hydrogen-bond donors (Lipinski definition) is 1. The largest absolute Gasteiger partial charge is 0.463 e. The maximum Gasteiger partial charge on any atom is 0.305 e. The molecule has 0 rings (SSSR count). The number of unbranched alkanes of at least 4 members (excludes halogenated alkanes) is 3. The van der Waals surface area contributed by atoms with Crippen molar-refractivity contribution in [2.75, 3.05) is 6.61 Å². The van der Waals surface area contributed by atoms with Gasteiger partial charge in [0.05, 0.1) is 6.04 Å². The molecule has 0 saturated carbocycles. The Labute approximate surface area is 135 Å². The Morgan fingerprint density at radius 1 is 1.05 bits per heavy atom. The lowest BCUT2D eigenvalue weighted by Gasteiger charge is -2.22. The zero-order valence-corrected chi connectivity index (χ0v) is 14.1. The van der Waals surface area contributed by atoms with Gasteiger partial charge in [0.2, 0.25) is 5.91 Å². The number of rotatable bonds is 13. The molecule has 0 bridgehead atoms. The van der Waals surface area contributed by atoms with Gasteiger partial charge in [-0.25, -0.2) is 0 Å². The van der Waals surface area contributed by atoms with E-state index in [1.807, 2.05) is 19.9 Å². The van der Waals surface area contributed by atoms with Gasteiger partial charge in [-0.1, -0.05) is 26.0 Å². The molecular weight excluding hydrogens is 278 g/mol. The topological polar surface area (TPSA) is 55.4 Å². The van der Waals surface area contributed by atoms with E-state index in [0.29, 0.717) is 12.8 Å². The monoisotopic (exact) mass is 309 g/mol. The molecule has 0 saturated heterocycles. The van der Waals surface area contributed by atoms with E-state index in [0.717, 1.165) is 32.1 Å². The predicted molar refractivity (Wildman–Crippen MR) is 90.4 cm³/mol. The van der Waals surface area contributed by atoms with Crippen LogP contribution in [0.15, 0.2) is 25.3 Å². The fraction of sp³-hybridized carbons (Fsp3) is 0.667. The van der Waals surface area contributed by atoms with Gasteiger partial charge in [-0.15, -0.1) is 13.2 Å². The number of hydrogen-bond acceptors (Lipinski definition) is 3. The summed E-state index contributed by atoms with van der Waals surface area (Å²) in [7, 11) is 0. The third kappa shape index (κ3) is 11.1. The minimum absolute atomic E-state index is 0.00239. The van der Waals surface area contributed by atoms with Gasteiger partial charge in [-0.3, -0.25) is 9.59 Å². The normalized spacial score (nSPS) is 11.8. The van der Waals surface area contributed by atoms with E-state index in [1.165, 1.54) is 0 Å². The van der Waals surface area contributed by atoms with E-state index >= 15 is 0 Å². The van der Waals surface area contributed by atoms with Crippen LogP contribution in [0.3, 0.4) is 0 Å². The van der Waals surface area contributed by atoms with E-state index in [-0.39, 0.29) is 30.4 Å². The molecule has 0 aliphatic heterocycles. The smallest absolute Gasteiger partial charge is 0.305 e. The number of esters is 1. The van der Waals surface area contributed by atoms with Crippen molar-refractivity contribution in [1.82, 2.24) is 5.32 Å².